The zero-order valence-electron chi connectivity index (χ0n) is 12.6. The van der Waals surface area contributed by atoms with Crippen molar-refractivity contribution in [2.24, 2.45) is 0 Å². The van der Waals surface area contributed by atoms with Gasteiger partial charge in [-0.3, -0.25) is 9.59 Å². The number of ketones is 1. The summed E-state index contributed by atoms with van der Waals surface area (Å²) in [6.07, 6.45) is 1.41. The molecule has 8 heteroatoms. The van der Waals surface area contributed by atoms with Crippen molar-refractivity contribution in [1.29, 1.82) is 0 Å². The van der Waals surface area contributed by atoms with Crippen LogP contribution in [0, 0.1) is 0 Å². The van der Waals surface area contributed by atoms with E-state index in [2.05, 4.69) is 36.8 Å². The fraction of sp³-hybridized carbons (Fsp3) is 0.0625. The number of hydrogen-bond acceptors (Lipinski definition) is 5. The number of nitrogens with zero attached hydrogens (tertiary/aromatic N) is 4. The lowest BCUT2D eigenvalue weighted by atomic mass is 10.1. The number of anilines is 1. The quantitative estimate of drug-likeness (QED) is 0.697. The summed E-state index contributed by atoms with van der Waals surface area (Å²) in [6.45, 7) is 1.45. The van der Waals surface area contributed by atoms with Crippen LogP contribution in [-0.4, -0.2) is 31.9 Å². The molecule has 0 aliphatic rings. The lowest BCUT2D eigenvalue weighted by Gasteiger charge is -2.12. The van der Waals surface area contributed by atoms with E-state index in [1.807, 2.05) is 0 Å². The molecule has 120 valence electrons. The predicted molar refractivity (Wildman–Crippen MR) is 91.3 cm³/mol. The maximum absolute atomic E-state index is 12.7. The van der Waals surface area contributed by atoms with E-state index >= 15 is 0 Å². The Labute approximate surface area is 145 Å². The lowest BCUT2D eigenvalue weighted by molar-refractivity contribution is 0.101. The van der Waals surface area contributed by atoms with Gasteiger partial charge in [-0.1, -0.05) is 28.1 Å². The minimum absolute atomic E-state index is 0.124. The lowest BCUT2D eigenvalue weighted by Crippen LogP contribution is -2.17. The van der Waals surface area contributed by atoms with E-state index in [1.165, 1.54) is 17.9 Å². The number of carbonyl (C=O) groups is 2. The summed E-state index contributed by atoms with van der Waals surface area (Å²) in [5, 5.41) is 13.8. The van der Waals surface area contributed by atoms with Crippen LogP contribution in [-0.2, 0) is 0 Å². The first-order valence-corrected chi connectivity index (χ1v) is 7.80. The van der Waals surface area contributed by atoms with Crippen molar-refractivity contribution in [2.45, 2.75) is 6.92 Å². The first-order valence-electron chi connectivity index (χ1n) is 7.00. The summed E-state index contributed by atoms with van der Waals surface area (Å²) >= 11 is 3.36. The standard InChI is InChI=1S/C16H12BrN5O2/c1-10(23)12-4-2-3-5-14(12)19-16(24)13-8-11(17)6-7-15(13)22-9-18-20-21-22/h2-9H,1H3,(H,19,24). The van der Waals surface area contributed by atoms with E-state index in [0.29, 0.717) is 22.5 Å². The molecule has 2 aromatic carbocycles. The molecule has 0 radical (unpaired) electrons. The average Bonchev–Trinajstić information content (AvgIpc) is 3.09. The molecule has 1 heterocycles. The van der Waals surface area contributed by atoms with Gasteiger partial charge >= 0.3 is 0 Å². The largest absolute Gasteiger partial charge is 0.321 e. The summed E-state index contributed by atoms with van der Waals surface area (Å²) < 4.78 is 2.14. The van der Waals surface area contributed by atoms with Gasteiger partial charge in [0.1, 0.15) is 6.33 Å². The topological polar surface area (TPSA) is 89.8 Å². The summed E-state index contributed by atoms with van der Waals surface area (Å²) in [5.41, 5.74) is 1.80. The molecule has 0 saturated carbocycles. The molecular formula is C16H12BrN5O2. The maximum Gasteiger partial charge on any atom is 0.257 e. The number of tetrazole rings is 1. The highest BCUT2D eigenvalue weighted by atomic mass is 79.9. The van der Waals surface area contributed by atoms with Crippen molar-refractivity contribution < 1.29 is 9.59 Å². The van der Waals surface area contributed by atoms with E-state index in [1.54, 1.807) is 42.5 Å². The summed E-state index contributed by atoms with van der Waals surface area (Å²) in [4.78, 5) is 24.4. The maximum atomic E-state index is 12.7. The van der Waals surface area contributed by atoms with Crippen molar-refractivity contribution in [1.82, 2.24) is 20.2 Å². The van der Waals surface area contributed by atoms with Crippen LogP contribution in [0.25, 0.3) is 5.69 Å². The van der Waals surface area contributed by atoms with Crippen molar-refractivity contribution in [3.63, 3.8) is 0 Å². The van der Waals surface area contributed by atoms with E-state index in [4.69, 9.17) is 0 Å². The molecular weight excluding hydrogens is 374 g/mol. The highest BCUT2D eigenvalue weighted by molar-refractivity contribution is 9.10. The van der Waals surface area contributed by atoms with Crippen LogP contribution in [0.1, 0.15) is 27.6 Å². The number of carbonyl (C=O) groups excluding carboxylic acids is 2. The molecule has 0 unspecified atom stereocenters. The second-order valence-electron chi connectivity index (χ2n) is 4.97. The molecule has 0 aliphatic heterocycles. The number of halogens is 1. The minimum Gasteiger partial charge on any atom is -0.321 e. The van der Waals surface area contributed by atoms with E-state index in [9.17, 15) is 9.59 Å². The van der Waals surface area contributed by atoms with Crippen molar-refractivity contribution >= 4 is 33.3 Å². The van der Waals surface area contributed by atoms with Crippen molar-refractivity contribution in [3.8, 4) is 5.69 Å². The van der Waals surface area contributed by atoms with Crippen LogP contribution in [0.15, 0.2) is 53.3 Å². The second-order valence-corrected chi connectivity index (χ2v) is 5.89. The SMILES string of the molecule is CC(=O)c1ccccc1NC(=O)c1cc(Br)ccc1-n1cnnn1. The molecule has 0 fully saturated rings. The summed E-state index contributed by atoms with van der Waals surface area (Å²) in [5.74, 6) is -0.489. The molecule has 0 bridgehead atoms. The number of amides is 1. The highest BCUT2D eigenvalue weighted by Crippen LogP contribution is 2.22. The Kier molecular flexibility index (Phi) is 4.48. The Morgan fingerprint density at radius 3 is 2.62 bits per heavy atom. The van der Waals surface area contributed by atoms with Gasteiger partial charge in [0, 0.05) is 10.0 Å². The number of Topliss-reactive ketones (excluding diaryl/α,β-unsaturated/α-hetero) is 1. The number of para-hydroxylation sites is 1. The van der Waals surface area contributed by atoms with Gasteiger partial charge in [0.25, 0.3) is 5.91 Å². The number of hydrogen-bond donors (Lipinski definition) is 1. The van der Waals surface area contributed by atoms with Gasteiger partial charge in [-0.05, 0) is 47.7 Å². The monoisotopic (exact) mass is 385 g/mol. The fourth-order valence-electron chi connectivity index (χ4n) is 2.25. The molecule has 0 aliphatic carbocycles. The molecule has 1 N–H and O–H groups in total. The van der Waals surface area contributed by atoms with Gasteiger partial charge in [-0.15, -0.1) is 5.10 Å². The van der Waals surface area contributed by atoms with Crippen molar-refractivity contribution in [3.05, 3.63) is 64.4 Å². The van der Waals surface area contributed by atoms with Crippen LogP contribution in [0.4, 0.5) is 5.69 Å². The molecule has 0 atom stereocenters. The molecule has 3 rings (SSSR count). The Bertz CT molecular complexity index is 909. The van der Waals surface area contributed by atoms with E-state index < -0.39 is 0 Å². The van der Waals surface area contributed by atoms with Gasteiger partial charge in [0.2, 0.25) is 0 Å². The number of nitrogens with one attached hydrogen (secondary N) is 1. The highest BCUT2D eigenvalue weighted by Gasteiger charge is 2.16. The second kappa shape index (κ2) is 6.71. The Balaban J connectivity index is 2.00. The normalized spacial score (nSPS) is 10.4. The minimum atomic E-state index is -0.365. The first kappa shape index (κ1) is 16.0. The molecule has 1 amide bonds. The van der Waals surface area contributed by atoms with Crippen molar-refractivity contribution in [2.75, 3.05) is 5.32 Å². The summed E-state index contributed by atoms with van der Waals surface area (Å²) in [7, 11) is 0. The molecule has 0 saturated heterocycles. The predicted octanol–water partition coefficient (Wildman–Crippen LogP) is 2.88. The third-order valence-electron chi connectivity index (χ3n) is 3.35. The first-order chi connectivity index (χ1) is 11.6. The van der Waals surface area contributed by atoms with Crippen LogP contribution >= 0.6 is 15.9 Å². The average molecular weight is 386 g/mol. The van der Waals surface area contributed by atoms with E-state index in [-0.39, 0.29) is 11.7 Å². The third-order valence-corrected chi connectivity index (χ3v) is 3.85. The molecule has 24 heavy (non-hydrogen) atoms. The van der Waals surface area contributed by atoms with Gasteiger partial charge in [-0.25, -0.2) is 0 Å². The number of benzene rings is 2. The Hall–Kier alpha value is -2.87. The van der Waals surface area contributed by atoms with Gasteiger partial charge < -0.3 is 5.32 Å². The fourth-order valence-corrected chi connectivity index (χ4v) is 2.61. The van der Waals surface area contributed by atoms with Gasteiger partial charge in [-0.2, -0.15) is 4.68 Å². The molecule has 0 spiro atoms. The van der Waals surface area contributed by atoms with E-state index in [0.717, 1.165) is 4.47 Å². The third kappa shape index (κ3) is 3.23. The van der Waals surface area contributed by atoms with Gasteiger partial charge in [0.05, 0.1) is 16.9 Å². The molecule has 3 aromatic rings. The van der Waals surface area contributed by atoms with Crippen LogP contribution < -0.4 is 5.32 Å². The van der Waals surface area contributed by atoms with Crippen LogP contribution in [0.5, 0.6) is 0 Å². The van der Waals surface area contributed by atoms with Gasteiger partial charge in [0.15, 0.2) is 5.78 Å². The molecule has 7 nitrogen and oxygen atoms in total. The molecule has 1 aromatic heterocycles. The number of rotatable bonds is 4. The zero-order chi connectivity index (χ0) is 17.1. The zero-order valence-corrected chi connectivity index (χ0v) is 14.2. The van der Waals surface area contributed by atoms with Crippen LogP contribution in [0.3, 0.4) is 0 Å². The number of aromatic nitrogens is 4. The Morgan fingerprint density at radius 2 is 1.92 bits per heavy atom. The van der Waals surface area contributed by atoms with Crippen LogP contribution in [0.2, 0.25) is 0 Å². The smallest absolute Gasteiger partial charge is 0.257 e. The summed E-state index contributed by atoms with van der Waals surface area (Å²) in [6, 6.07) is 12.0. The Morgan fingerprint density at radius 1 is 1.12 bits per heavy atom.